The van der Waals surface area contributed by atoms with E-state index in [0.717, 1.165) is 16.8 Å². The summed E-state index contributed by atoms with van der Waals surface area (Å²) in [5, 5.41) is 4.44. The van der Waals surface area contributed by atoms with Crippen molar-refractivity contribution in [3.05, 3.63) is 76.6 Å². The number of nitrogens with one attached hydrogen (secondary N) is 2. The van der Waals surface area contributed by atoms with E-state index in [2.05, 4.69) is 16.0 Å². The van der Waals surface area contributed by atoms with Crippen molar-refractivity contribution in [3.63, 3.8) is 0 Å². The summed E-state index contributed by atoms with van der Waals surface area (Å²) in [7, 11) is 0. The number of aryl methyl sites for hydroxylation is 3. The highest BCUT2D eigenvalue weighted by Crippen LogP contribution is 2.19. The number of benzene rings is 2. The Morgan fingerprint density at radius 3 is 2.45 bits per heavy atom. The van der Waals surface area contributed by atoms with Crippen LogP contribution in [0.2, 0.25) is 0 Å². The first-order chi connectivity index (χ1) is 13.9. The molecule has 150 valence electrons. The van der Waals surface area contributed by atoms with Crippen LogP contribution in [0.25, 0.3) is 5.69 Å². The van der Waals surface area contributed by atoms with E-state index in [-0.39, 0.29) is 6.61 Å². The fraction of sp³-hybridized carbons (Fsp3) is 0.227. The normalized spacial score (nSPS) is 10.5. The number of para-hydroxylation sites is 1. The highest BCUT2D eigenvalue weighted by atomic mass is 16.5. The van der Waals surface area contributed by atoms with Gasteiger partial charge in [0, 0.05) is 0 Å². The number of aromatic nitrogens is 2. The summed E-state index contributed by atoms with van der Waals surface area (Å²) in [6.45, 7) is 7.23. The van der Waals surface area contributed by atoms with Gasteiger partial charge in [-0.3, -0.25) is 20.4 Å². The van der Waals surface area contributed by atoms with Gasteiger partial charge in [-0.25, -0.2) is 4.68 Å². The summed E-state index contributed by atoms with van der Waals surface area (Å²) in [5.74, 6) is -0.241. The number of nitrogens with zero attached hydrogens (tertiary/aromatic N) is 2. The van der Waals surface area contributed by atoms with Crippen molar-refractivity contribution < 1.29 is 14.3 Å². The lowest BCUT2D eigenvalue weighted by Gasteiger charge is -2.11. The molecule has 1 aromatic heterocycles. The zero-order chi connectivity index (χ0) is 21.0. The monoisotopic (exact) mass is 392 g/mol. The lowest BCUT2D eigenvalue weighted by Crippen LogP contribution is -2.44. The van der Waals surface area contributed by atoms with Gasteiger partial charge in [0.1, 0.15) is 5.75 Å². The van der Waals surface area contributed by atoms with Crippen molar-refractivity contribution in [3.8, 4) is 11.4 Å². The van der Waals surface area contributed by atoms with E-state index in [0.29, 0.717) is 22.7 Å². The van der Waals surface area contributed by atoms with E-state index in [4.69, 9.17) is 4.74 Å². The molecule has 0 atom stereocenters. The number of ether oxygens (including phenoxy) is 1. The summed E-state index contributed by atoms with van der Waals surface area (Å²) < 4.78 is 7.25. The first-order valence-electron chi connectivity index (χ1n) is 9.27. The molecule has 0 bridgehead atoms. The van der Waals surface area contributed by atoms with Crippen LogP contribution >= 0.6 is 0 Å². The van der Waals surface area contributed by atoms with Crippen molar-refractivity contribution in [2.45, 2.75) is 27.7 Å². The molecular formula is C22H24N4O3. The third kappa shape index (κ3) is 4.63. The SMILES string of the molecule is Cc1ccc(C)c(OCC(=O)NNC(=O)c2c(C)nn(-c3ccccc3)c2C)c1. The molecule has 0 fully saturated rings. The average Bonchev–Trinajstić information content (AvgIpc) is 3.01. The Morgan fingerprint density at radius 2 is 1.72 bits per heavy atom. The van der Waals surface area contributed by atoms with Gasteiger partial charge in [-0.2, -0.15) is 5.10 Å². The zero-order valence-corrected chi connectivity index (χ0v) is 16.9. The van der Waals surface area contributed by atoms with Crippen molar-refractivity contribution in [1.82, 2.24) is 20.6 Å². The molecule has 0 unspecified atom stereocenters. The lowest BCUT2D eigenvalue weighted by molar-refractivity contribution is -0.123. The first kappa shape index (κ1) is 20.1. The Balaban J connectivity index is 1.61. The molecule has 0 aliphatic carbocycles. The summed E-state index contributed by atoms with van der Waals surface area (Å²) in [5.41, 5.74) is 9.34. The van der Waals surface area contributed by atoms with E-state index in [9.17, 15) is 9.59 Å². The zero-order valence-electron chi connectivity index (χ0n) is 16.9. The van der Waals surface area contributed by atoms with Gasteiger partial charge in [0.25, 0.3) is 11.8 Å². The van der Waals surface area contributed by atoms with E-state index in [1.54, 1.807) is 11.6 Å². The second kappa shape index (κ2) is 8.60. The molecule has 7 heteroatoms. The van der Waals surface area contributed by atoms with Crippen LogP contribution in [0.5, 0.6) is 5.75 Å². The molecule has 29 heavy (non-hydrogen) atoms. The number of hydrogen-bond donors (Lipinski definition) is 2. The smallest absolute Gasteiger partial charge is 0.276 e. The molecule has 2 aromatic carbocycles. The number of carbonyl (C=O) groups is 2. The second-order valence-electron chi connectivity index (χ2n) is 6.85. The molecule has 0 radical (unpaired) electrons. The second-order valence-corrected chi connectivity index (χ2v) is 6.85. The van der Waals surface area contributed by atoms with Gasteiger partial charge in [0.05, 0.1) is 22.6 Å². The standard InChI is InChI=1S/C22H24N4O3/c1-14-10-11-15(2)19(12-14)29-13-20(27)23-24-22(28)21-16(3)25-26(17(21)4)18-8-6-5-7-9-18/h5-12H,13H2,1-4H3,(H,23,27)(H,24,28). The molecule has 0 saturated carbocycles. The summed E-state index contributed by atoms with van der Waals surface area (Å²) >= 11 is 0. The molecule has 2 N–H and O–H groups in total. The van der Waals surface area contributed by atoms with Crippen LogP contribution in [0, 0.1) is 27.7 Å². The largest absolute Gasteiger partial charge is 0.483 e. The number of amides is 2. The Hall–Kier alpha value is -3.61. The Kier molecular flexibility index (Phi) is 5.97. The first-order valence-corrected chi connectivity index (χ1v) is 9.27. The molecule has 0 spiro atoms. The van der Waals surface area contributed by atoms with Crippen molar-refractivity contribution in [2.75, 3.05) is 6.61 Å². The van der Waals surface area contributed by atoms with Gasteiger partial charge in [-0.05, 0) is 57.0 Å². The lowest BCUT2D eigenvalue weighted by atomic mass is 10.1. The molecule has 0 aliphatic rings. The predicted octanol–water partition coefficient (Wildman–Crippen LogP) is 2.95. The molecule has 0 saturated heterocycles. The maximum Gasteiger partial charge on any atom is 0.276 e. The highest BCUT2D eigenvalue weighted by Gasteiger charge is 2.20. The van der Waals surface area contributed by atoms with E-state index in [1.165, 1.54) is 0 Å². The van der Waals surface area contributed by atoms with Crippen LogP contribution < -0.4 is 15.6 Å². The summed E-state index contributed by atoms with van der Waals surface area (Å²) in [6.07, 6.45) is 0. The minimum absolute atomic E-state index is 0.203. The third-order valence-corrected chi connectivity index (χ3v) is 4.54. The van der Waals surface area contributed by atoms with Gasteiger partial charge in [-0.15, -0.1) is 0 Å². The average molecular weight is 392 g/mol. The van der Waals surface area contributed by atoms with Crippen molar-refractivity contribution in [2.24, 2.45) is 0 Å². The molecular weight excluding hydrogens is 368 g/mol. The van der Waals surface area contributed by atoms with Crippen LogP contribution in [0.3, 0.4) is 0 Å². The van der Waals surface area contributed by atoms with Crippen LogP contribution in [0.15, 0.2) is 48.5 Å². The van der Waals surface area contributed by atoms with E-state index < -0.39 is 11.8 Å². The molecule has 1 heterocycles. The summed E-state index contributed by atoms with van der Waals surface area (Å²) in [6, 6.07) is 15.3. The topological polar surface area (TPSA) is 85.2 Å². The highest BCUT2D eigenvalue weighted by molar-refractivity contribution is 5.97. The third-order valence-electron chi connectivity index (χ3n) is 4.54. The van der Waals surface area contributed by atoms with Gasteiger partial charge in [0.15, 0.2) is 6.61 Å². The molecule has 7 nitrogen and oxygen atoms in total. The quantitative estimate of drug-likeness (QED) is 0.654. The van der Waals surface area contributed by atoms with Crippen molar-refractivity contribution in [1.29, 1.82) is 0 Å². The number of hydrogen-bond acceptors (Lipinski definition) is 4. The molecule has 3 rings (SSSR count). The number of hydrazine groups is 1. The number of carbonyl (C=O) groups excluding carboxylic acids is 2. The fourth-order valence-corrected chi connectivity index (χ4v) is 3.02. The van der Waals surface area contributed by atoms with Gasteiger partial charge < -0.3 is 4.74 Å². The van der Waals surface area contributed by atoms with E-state index >= 15 is 0 Å². The van der Waals surface area contributed by atoms with Gasteiger partial charge in [-0.1, -0.05) is 30.3 Å². The molecule has 0 aliphatic heterocycles. The maximum atomic E-state index is 12.6. The minimum Gasteiger partial charge on any atom is -0.483 e. The molecule has 3 aromatic rings. The van der Waals surface area contributed by atoms with E-state index in [1.807, 2.05) is 69.3 Å². The Bertz CT molecular complexity index is 1040. The van der Waals surface area contributed by atoms with Crippen LogP contribution in [-0.2, 0) is 4.79 Å². The number of rotatable bonds is 5. The van der Waals surface area contributed by atoms with Gasteiger partial charge >= 0.3 is 0 Å². The molecule has 2 amide bonds. The van der Waals surface area contributed by atoms with Crippen LogP contribution in [-0.4, -0.2) is 28.2 Å². The van der Waals surface area contributed by atoms with Crippen LogP contribution in [0.1, 0.15) is 32.9 Å². The Morgan fingerprint density at radius 1 is 1.00 bits per heavy atom. The fourth-order valence-electron chi connectivity index (χ4n) is 3.02. The maximum absolute atomic E-state index is 12.6. The predicted molar refractivity (Wildman–Crippen MR) is 110 cm³/mol. The summed E-state index contributed by atoms with van der Waals surface area (Å²) in [4.78, 5) is 24.7. The Labute approximate surface area is 169 Å². The van der Waals surface area contributed by atoms with Gasteiger partial charge in [0.2, 0.25) is 0 Å². The minimum atomic E-state index is -0.454. The van der Waals surface area contributed by atoms with Crippen molar-refractivity contribution >= 4 is 11.8 Å². The van der Waals surface area contributed by atoms with Crippen LogP contribution in [0.4, 0.5) is 0 Å².